The molecule has 1 aliphatic rings. The molecule has 1 aromatic rings. The Hall–Kier alpha value is -1.85. The van der Waals surface area contributed by atoms with Crippen LogP contribution >= 0.6 is 0 Å². The molecule has 18 heavy (non-hydrogen) atoms. The molecular formula is C12H17N3O3. The number of ether oxygens (including phenoxy) is 1. The van der Waals surface area contributed by atoms with E-state index in [4.69, 9.17) is 4.74 Å². The standard InChI is InChI=1S/C12H17N3O3/c1-2-18-12(17)9-4-3-7-15(8-9)11(16)10-5-6-13-14-10/h5-6,9H,2-4,7-8H2,1H3,(H,13,14)/t9-/m0/s1. The molecule has 1 N–H and O–H groups in total. The smallest absolute Gasteiger partial charge is 0.310 e. The summed E-state index contributed by atoms with van der Waals surface area (Å²) in [7, 11) is 0. The number of H-pyrrole nitrogens is 1. The minimum absolute atomic E-state index is 0.110. The van der Waals surface area contributed by atoms with Gasteiger partial charge in [-0.1, -0.05) is 0 Å². The van der Waals surface area contributed by atoms with Crippen molar-refractivity contribution in [1.82, 2.24) is 15.1 Å². The van der Waals surface area contributed by atoms with Gasteiger partial charge in [0.25, 0.3) is 5.91 Å². The maximum Gasteiger partial charge on any atom is 0.310 e. The van der Waals surface area contributed by atoms with E-state index in [-0.39, 0.29) is 17.8 Å². The van der Waals surface area contributed by atoms with Gasteiger partial charge in [0.2, 0.25) is 0 Å². The topological polar surface area (TPSA) is 75.3 Å². The fraction of sp³-hybridized carbons (Fsp3) is 0.583. The zero-order valence-electron chi connectivity index (χ0n) is 10.4. The van der Waals surface area contributed by atoms with Crippen LogP contribution in [0, 0.1) is 5.92 Å². The maximum absolute atomic E-state index is 12.1. The van der Waals surface area contributed by atoms with Crippen LogP contribution in [0.1, 0.15) is 30.3 Å². The maximum atomic E-state index is 12.1. The number of likely N-dealkylation sites (tertiary alicyclic amines) is 1. The third kappa shape index (κ3) is 2.69. The third-order valence-electron chi connectivity index (χ3n) is 3.06. The first kappa shape index (κ1) is 12.6. The Labute approximate surface area is 105 Å². The lowest BCUT2D eigenvalue weighted by atomic mass is 9.98. The summed E-state index contributed by atoms with van der Waals surface area (Å²) in [6, 6.07) is 1.64. The monoisotopic (exact) mass is 251 g/mol. The van der Waals surface area contributed by atoms with Crippen LogP contribution in [-0.2, 0) is 9.53 Å². The number of nitrogens with one attached hydrogen (secondary N) is 1. The molecule has 0 aromatic carbocycles. The highest BCUT2D eigenvalue weighted by molar-refractivity contribution is 5.92. The second-order valence-electron chi connectivity index (χ2n) is 4.31. The summed E-state index contributed by atoms with van der Waals surface area (Å²) in [5.41, 5.74) is 0.458. The van der Waals surface area contributed by atoms with Crippen molar-refractivity contribution in [3.05, 3.63) is 18.0 Å². The number of esters is 1. The van der Waals surface area contributed by atoms with Gasteiger partial charge in [-0.05, 0) is 25.8 Å². The molecule has 0 spiro atoms. The second kappa shape index (κ2) is 5.66. The minimum atomic E-state index is -0.209. The number of aromatic amines is 1. The number of rotatable bonds is 3. The predicted molar refractivity (Wildman–Crippen MR) is 63.8 cm³/mol. The van der Waals surface area contributed by atoms with Gasteiger partial charge in [-0.15, -0.1) is 0 Å². The van der Waals surface area contributed by atoms with E-state index in [1.165, 1.54) is 0 Å². The van der Waals surface area contributed by atoms with Crippen molar-refractivity contribution in [2.75, 3.05) is 19.7 Å². The number of carbonyl (C=O) groups excluding carboxylic acids is 2. The SMILES string of the molecule is CCOC(=O)[C@H]1CCCN(C(=O)c2ccn[nH]2)C1. The first-order chi connectivity index (χ1) is 8.72. The van der Waals surface area contributed by atoms with Crippen molar-refractivity contribution in [3.8, 4) is 0 Å². The Morgan fingerprint density at radius 2 is 2.44 bits per heavy atom. The molecule has 0 bridgehead atoms. The van der Waals surface area contributed by atoms with E-state index in [0.717, 1.165) is 12.8 Å². The number of amides is 1. The summed E-state index contributed by atoms with van der Waals surface area (Å²) >= 11 is 0. The Kier molecular flexibility index (Phi) is 3.96. The van der Waals surface area contributed by atoms with Crippen LogP contribution in [0.5, 0.6) is 0 Å². The van der Waals surface area contributed by atoms with E-state index in [2.05, 4.69) is 10.2 Å². The van der Waals surface area contributed by atoms with Gasteiger partial charge >= 0.3 is 5.97 Å². The van der Waals surface area contributed by atoms with Crippen molar-refractivity contribution in [2.24, 2.45) is 5.92 Å². The molecule has 1 aliphatic heterocycles. The van der Waals surface area contributed by atoms with Gasteiger partial charge in [0.1, 0.15) is 5.69 Å². The van der Waals surface area contributed by atoms with Gasteiger partial charge in [-0.25, -0.2) is 0 Å². The van der Waals surface area contributed by atoms with Gasteiger partial charge in [0, 0.05) is 19.3 Å². The van der Waals surface area contributed by atoms with Crippen LogP contribution < -0.4 is 0 Å². The Balaban J connectivity index is 1.98. The van der Waals surface area contributed by atoms with Gasteiger partial charge in [0.15, 0.2) is 0 Å². The molecule has 6 nitrogen and oxygen atoms in total. The van der Waals surface area contributed by atoms with Crippen LogP contribution in [0.25, 0.3) is 0 Å². The van der Waals surface area contributed by atoms with Crippen LogP contribution in [0.2, 0.25) is 0 Å². The molecule has 1 amide bonds. The zero-order chi connectivity index (χ0) is 13.0. The number of hydrogen-bond acceptors (Lipinski definition) is 4. The summed E-state index contributed by atoms with van der Waals surface area (Å²) in [5, 5.41) is 6.40. The number of carbonyl (C=O) groups is 2. The van der Waals surface area contributed by atoms with Crippen LogP contribution in [0.4, 0.5) is 0 Å². The van der Waals surface area contributed by atoms with E-state index >= 15 is 0 Å². The summed E-state index contributed by atoms with van der Waals surface area (Å²) < 4.78 is 5.00. The highest BCUT2D eigenvalue weighted by atomic mass is 16.5. The van der Waals surface area contributed by atoms with Crippen molar-refractivity contribution >= 4 is 11.9 Å². The Morgan fingerprint density at radius 1 is 1.61 bits per heavy atom. The van der Waals surface area contributed by atoms with E-state index in [9.17, 15) is 9.59 Å². The lowest BCUT2D eigenvalue weighted by molar-refractivity contribution is -0.149. The summed E-state index contributed by atoms with van der Waals surface area (Å²) in [6.45, 7) is 3.27. The number of piperidine rings is 1. The molecule has 0 saturated carbocycles. The predicted octanol–water partition coefficient (Wildman–Crippen LogP) is 0.825. The average Bonchev–Trinajstić information content (AvgIpc) is 2.92. The zero-order valence-corrected chi connectivity index (χ0v) is 10.4. The molecule has 2 rings (SSSR count). The Morgan fingerprint density at radius 3 is 3.11 bits per heavy atom. The normalized spacial score (nSPS) is 19.6. The summed E-state index contributed by atoms with van der Waals surface area (Å²) in [6.07, 6.45) is 3.15. The molecule has 98 valence electrons. The molecule has 1 atom stereocenters. The number of aromatic nitrogens is 2. The minimum Gasteiger partial charge on any atom is -0.466 e. The molecular weight excluding hydrogens is 234 g/mol. The summed E-state index contributed by atoms with van der Waals surface area (Å²) in [5.74, 6) is -0.522. The van der Waals surface area contributed by atoms with Gasteiger partial charge in [-0.2, -0.15) is 5.10 Å². The molecule has 2 heterocycles. The second-order valence-corrected chi connectivity index (χ2v) is 4.31. The first-order valence-electron chi connectivity index (χ1n) is 6.17. The van der Waals surface area contributed by atoms with E-state index in [1.807, 2.05) is 0 Å². The largest absolute Gasteiger partial charge is 0.466 e. The van der Waals surface area contributed by atoms with Crippen molar-refractivity contribution in [1.29, 1.82) is 0 Å². The van der Waals surface area contributed by atoms with Gasteiger partial charge < -0.3 is 9.64 Å². The fourth-order valence-corrected chi connectivity index (χ4v) is 2.16. The molecule has 1 fully saturated rings. The molecule has 0 unspecified atom stereocenters. The molecule has 1 saturated heterocycles. The van der Waals surface area contributed by atoms with Crippen molar-refractivity contribution in [3.63, 3.8) is 0 Å². The molecule has 1 aromatic heterocycles. The van der Waals surface area contributed by atoms with Crippen molar-refractivity contribution in [2.45, 2.75) is 19.8 Å². The highest BCUT2D eigenvalue weighted by Crippen LogP contribution is 2.19. The average molecular weight is 251 g/mol. The Bertz CT molecular complexity index is 416. The third-order valence-corrected chi connectivity index (χ3v) is 3.06. The molecule has 0 radical (unpaired) electrons. The lowest BCUT2D eigenvalue weighted by Gasteiger charge is -2.31. The first-order valence-corrected chi connectivity index (χ1v) is 6.17. The fourth-order valence-electron chi connectivity index (χ4n) is 2.16. The summed E-state index contributed by atoms with van der Waals surface area (Å²) in [4.78, 5) is 25.4. The van der Waals surface area contributed by atoms with Gasteiger partial charge in [0.05, 0.1) is 12.5 Å². The van der Waals surface area contributed by atoms with E-state index in [1.54, 1.807) is 24.1 Å². The molecule has 0 aliphatic carbocycles. The van der Waals surface area contributed by atoms with E-state index in [0.29, 0.717) is 25.4 Å². The van der Waals surface area contributed by atoms with Crippen molar-refractivity contribution < 1.29 is 14.3 Å². The number of nitrogens with zero attached hydrogens (tertiary/aromatic N) is 2. The quantitative estimate of drug-likeness (QED) is 0.807. The number of hydrogen-bond donors (Lipinski definition) is 1. The highest BCUT2D eigenvalue weighted by Gasteiger charge is 2.30. The van der Waals surface area contributed by atoms with Gasteiger partial charge in [-0.3, -0.25) is 14.7 Å². The van der Waals surface area contributed by atoms with E-state index < -0.39 is 0 Å². The van der Waals surface area contributed by atoms with Crippen LogP contribution in [-0.4, -0.2) is 46.7 Å². The lowest BCUT2D eigenvalue weighted by Crippen LogP contribution is -2.43. The van der Waals surface area contributed by atoms with Crippen LogP contribution in [0.3, 0.4) is 0 Å². The van der Waals surface area contributed by atoms with Crippen LogP contribution in [0.15, 0.2) is 12.3 Å². The molecule has 6 heteroatoms.